The molecule has 1 fully saturated rings. The third-order valence-corrected chi connectivity index (χ3v) is 3.99. The van der Waals surface area contributed by atoms with Crippen LogP contribution >= 0.6 is 0 Å². The molecular weight excluding hydrogens is 234 g/mol. The quantitative estimate of drug-likeness (QED) is 0.815. The molecule has 1 aromatic rings. The molecule has 2 N–H and O–H groups in total. The van der Waals surface area contributed by atoms with Crippen LogP contribution in [-0.2, 0) is 11.2 Å². The Morgan fingerprint density at radius 3 is 2.32 bits per heavy atom. The standard InChI is InChI=1S/C17H27NO/c1-4-19-17(15-9-10-15)16(18)11-13-5-7-14(8-6-13)12(2)3/h5-8,12,15-17H,4,9-11,18H2,1-3H3. The Labute approximate surface area is 117 Å². The van der Waals surface area contributed by atoms with Gasteiger partial charge >= 0.3 is 0 Å². The van der Waals surface area contributed by atoms with Gasteiger partial charge < -0.3 is 10.5 Å². The van der Waals surface area contributed by atoms with Gasteiger partial charge in [-0.3, -0.25) is 0 Å². The van der Waals surface area contributed by atoms with Gasteiger partial charge in [-0.2, -0.15) is 0 Å². The van der Waals surface area contributed by atoms with E-state index in [-0.39, 0.29) is 12.1 Å². The van der Waals surface area contributed by atoms with E-state index in [0.29, 0.717) is 11.8 Å². The van der Waals surface area contributed by atoms with Gasteiger partial charge in [-0.1, -0.05) is 38.1 Å². The van der Waals surface area contributed by atoms with E-state index >= 15 is 0 Å². The van der Waals surface area contributed by atoms with Crippen molar-refractivity contribution in [3.8, 4) is 0 Å². The van der Waals surface area contributed by atoms with E-state index in [1.165, 1.54) is 24.0 Å². The number of rotatable bonds is 7. The van der Waals surface area contributed by atoms with Crippen LogP contribution in [-0.4, -0.2) is 18.8 Å². The molecule has 0 saturated heterocycles. The minimum atomic E-state index is 0.123. The van der Waals surface area contributed by atoms with E-state index in [2.05, 4.69) is 45.0 Å². The Morgan fingerprint density at radius 1 is 1.21 bits per heavy atom. The van der Waals surface area contributed by atoms with E-state index in [4.69, 9.17) is 10.5 Å². The fourth-order valence-electron chi connectivity index (χ4n) is 2.65. The number of benzene rings is 1. The lowest BCUT2D eigenvalue weighted by molar-refractivity contribution is 0.0288. The van der Waals surface area contributed by atoms with Gasteiger partial charge in [-0.25, -0.2) is 0 Å². The largest absolute Gasteiger partial charge is 0.377 e. The van der Waals surface area contributed by atoms with Crippen molar-refractivity contribution in [2.45, 2.75) is 58.1 Å². The second-order valence-corrected chi connectivity index (χ2v) is 6.02. The maximum atomic E-state index is 6.35. The molecule has 2 heteroatoms. The lowest BCUT2D eigenvalue weighted by Crippen LogP contribution is -2.40. The summed E-state index contributed by atoms with van der Waals surface area (Å²) in [5.41, 5.74) is 9.06. The van der Waals surface area contributed by atoms with Crippen molar-refractivity contribution in [2.75, 3.05) is 6.61 Å². The fraction of sp³-hybridized carbons (Fsp3) is 0.647. The highest BCUT2D eigenvalue weighted by Crippen LogP contribution is 2.36. The van der Waals surface area contributed by atoms with Crippen LogP contribution in [0, 0.1) is 5.92 Å². The van der Waals surface area contributed by atoms with Gasteiger partial charge in [-0.15, -0.1) is 0 Å². The van der Waals surface area contributed by atoms with Crippen molar-refractivity contribution < 1.29 is 4.74 Å². The van der Waals surface area contributed by atoms with Crippen LogP contribution in [0.4, 0.5) is 0 Å². The first-order chi connectivity index (χ1) is 9.11. The predicted octanol–water partition coefficient (Wildman–Crippen LogP) is 3.49. The molecule has 0 heterocycles. The van der Waals surface area contributed by atoms with Crippen LogP contribution in [0.2, 0.25) is 0 Å². The molecule has 2 atom stereocenters. The summed E-state index contributed by atoms with van der Waals surface area (Å²) >= 11 is 0. The highest BCUT2D eigenvalue weighted by Gasteiger charge is 2.35. The first kappa shape index (κ1) is 14.5. The minimum absolute atomic E-state index is 0.123. The van der Waals surface area contributed by atoms with Crippen LogP contribution in [0.5, 0.6) is 0 Å². The number of hydrogen-bond donors (Lipinski definition) is 1. The van der Waals surface area contributed by atoms with Gasteiger partial charge in [-0.05, 0) is 49.1 Å². The maximum Gasteiger partial charge on any atom is 0.0757 e. The van der Waals surface area contributed by atoms with Crippen LogP contribution in [0.3, 0.4) is 0 Å². The molecule has 0 amide bonds. The van der Waals surface area contributed by atoms with Crippen molar-refractivity contribution >= 4 is 0 Å². The number of nitrogens with two attached hydrogens (primary N) is 1. The van der Waals surface area contributed by atoms with Crippen molar-refractivity contribution in [3.05, 3.63) is 35.4 Å². The normalized spacial score (nSPS) is 18.6. The Kier molecular flexibility index (Phi) is 5.00. The van der Waals surface area contributed by atoms with Gasteiger partial charge in [0.2, 0.25) is 0 Å². The number of hydrogen-bond acceptors (Lipinski definition) is 2. The SMILES string of the molecule is CCOC(C(N)Cc1ccc(C(C)C)cc1)C1CC1. The molecule has 0 bridgehead atoms. The van der Waals surface area contributed by atoms with Crippen LogP contribution < -0.4 is 5.73 Å². The topological polar surface area (TPSA) is 35.2 Å². The van der Waals surface area contributed by atoms with Crippen molar-refractivity contribution in [1.29, 1.82) is 0 Å². The monoisotopic (exact) mass is 261 g/mol. The van der Waals surface area contributed by atoms with Gasteiger partial charge in [0.1, 0.15) is 0 Å². The third-order valence-electron chi connectivity index (χ3n) is 3.99. The second-order valence-electron chi connectivity index (χ2n) is 6.02. The van der Waals surface area contributed by atoms with Gasteiger partial charge in [0.15, 0.2) is 0 Å². The van der Waals surface area contributed by atoms with E-state index in [9.17, 15) is 0 Å². The van der Waals surface area contributed by atoms with Gasteiger partial charge in [0, 0.05) is 12.6 Å². The molecule has 0 spiro atoms. The zero-order valence-corrected chi connectivity index (χ0v) is 12.4. The van der Waals surface area contributed by atoms with Crippen LogP contribution in [0.1, 0.15) is 50.7 Å². The van der Waals surface area contributed by atoms with E-state index in [1.807, 2.05) is 0 Å². The van der Waals surface area contributed by atoms with Gasteiger partial charge in [0.05, 0.1) is 6.10 Å². The van der Waals surface area contributed by atoms with Crippen LogP contribution in [0.25, 0.3) is 0 Å². The summed E-state index contributed by atoms with van der Waals surface area (Å²) in [6, 6.07) is 8.99. The lowest BCUT2D eigenvalue weighted by atomic mass is 9.96. The minimum Gasteiger partial charge on any atom is -0.377 e. The van der Waals surface area contributed by atoms with Crippen molar-refractivity contribution in [3.63, 3.8) is 0 Å². The molecule has 2 unspecified atom stereocenters. The Balaban J connectivity index is 1.95. The molecule has 1 aliphatic carbocycles. The molecule has 2 rings (SSSR count). The van der Waals surface area contributed by atoms with E-state index in [0.717, 1.165) is 13.0 Å². The highest BCUT2D eigenvalue weighted by molar-refractivity contribution is 5.25. The molecule has 1 aliphatic rings. The molecule has 1 aromatic carbocycles. The molecule has 1 saturated carbocycles. The smallest absolute Gasteiger partial charge is 0.0757 e. The van der Waals surface area contributed by atoms with Crippen LogP contribution in [0.15, 0.2) is 24.3 Å². The highest BCUT2D eigenvalue weighted by atomic mass is 16.5. The molecular formula is C17H27NO. The summed E-state index contributed by atoms with van der Waals surface area (Å²) < 4.78 is 5.84. The lowest BCUT2D eigenvalue weighted by Gasteiger charge is -2.24. The summed E-state index contributed by atoms with van der Waals surface area (Å²) in [4.78, 5) is 0. The summed E-state index contributed by atoms with van der Waals surface area (Å²) in [6.07, 6.45) is 3.73. The maximum absolute atomic E-state index is 6.35. The van der Waals surface area contributed by atoms with E-state index in [1.54, 1.807) is 0 Å². The Morgan fingerprint density at radius 2 is 1.84 bits per heavy atom. The van der Waals surface area contributed by atoms with E-state index < -0.39 is 0 Å². The fourth-order valence-corrected chi connectivity index (χ4v) is 2.65. The number of ether oxygens (including phenoxy) is 1. The van der Waals surface area contributed by atoms with Gasteiger partial charge in [0.25, 0.3) is 0 Å². The van der Waals surface area contributed by atoms with Crippen molar-refractivity contribution in [2.24, 2.45) is 11.7 Å². The zero-order chi connectivity index (χ0) is 13.8. The summed E-state index contributed by atoms with van der Waals surface area (Å²) in [5, 5.41) is 0. The summed E-state index contributed by atoms with van der Waals surface area (Å²) in [5.74, 6) is 1.29. The summed E-state index contributed by atoms with van der Waals surface area (Å²) in [7, 11) is 0. The van der Waals surface area contributed by atoms with Crippen molar-refractivity contribution in [1.82, 2.24) is 0 Å². The third kappa shape index (κ3) is 4.05. The second kappa shape index (κ2) is 6.53. The average molecular weight is 261 g/mol. The summed E-state index contributed by atoms with van der Waals surface area (Å²) in [6.45, 7) is 7.26. The molecule has 0 aromatic heterocycles. The molecule has 2 nitrogen and oxygen atoms in total. The predicted molar refractivity (Wildman–Crippen MR) is 80.3 cm³/mol. The first-order valence-corrected chi connectivity index (χ1v) is 7.57. The Bertz CT molecular complexity index is 381. The molecule has 106 valence electrons. The molecule has 0 radical (unpaired) electrons. The zero-order valence-electron chi connectivity index (χ0n) is 12.4. The first-order valence-electron chi connectivity index (χ1n) is 7.57. The molecule has 19 heavy (non-hydrogen) atoms. The molecule has 0 aliphatic heterocycles. The Hall–Kier alpha value is -0.860. The average Bonchev–Trinajstić information content (AvgIpc) is 3.20.